The highest BCUT2D eigenvalue weighted by Gasteiger charge is 2.20. The summed E-state index contributed by atoms with van der Waals surface area (Å²) in [5.74, 6) is 0.471. The number of aliphatic hydroxyl groups excluding tert-OH is 1. The largest absolute Gasteiger partial charge is 0.396 e. The molecular formula is C20H26N2O2. The summed E-state index contributed by atoms with van der Waals surface area (Å²) in [7, 11) is 0. The van der Waals surface area contributed by atoms with E-state index in [0.29, 0.717) is 12.5 Å². The Morgan fingerprint density at radius 3 is 2.62 bits per heavy atom. The van der Waals surface area contributed by atoms with Crippen LogP contribution < -0.4 is 5.32 Å². The standard InChI is InChI=1S/C20H26N2O2/c1-15(18-7-6-17-4-2-3-5-19(17)12-18)21-20(24)13-22-10-8-16(14-23)9-11-22/h2-7,12,15-16,23H,8-11,13-14H2,1H3,(H,21,24). The second-order valence-corrected chi connectivity index (χ2v) is 6.80. The lowest BCUT2D eigenvalue weighted by Gasteiger charge is -2.30. The number of amides is 1. The van der Waals surface area contributed by atoms with Crippen molar-refractivity contribution in [1.29, 1.82) is 0 Å². The first-order chi connectivity index (χ1) is 11.7. The highest BCUT2D eigenvalue weighted by Crippen LogP contribution is 2.20. The van der Waals surface area contributed by atoms with Crippen LogP contribution in [0.15, 0.2) is 42.5 Å². The van der Waals surface area contributed by atoms with Crippen LogP contribution in [0.3, 0.4) is 0 Å². The van der Waals surface area contributed by atoms with Crippen LogP contribution in [0, 0.1) is 5.92 Å². The van der Waals surface area contributed by atoms with Gasteiger partial charge in [0.2, 0.25) is 5.91 Å². The molecule has 1 amide bonds. The van der Waals surface area contributed by atoms with Gasteiger partial charge in [-0.3, -0.25) is 9.69 Å². The Bertz CT molecular complexity index is 693. The van der Waals surface area contributed by atoms with Crippen molar-refractivity contribution in [1.82, 2.24) is 10.2 Å². The van der Waals surface area contributed by atoms with Gasteiger partial charge in [-0.05, 0) is 61.2 Å². The van der Waals surface area contributed by atoms with Crippen LogP contribution in [-0.4, -0.2) is 42.2 Å². The van der Waals surface area contributed by atoms with E-state index >= 15 is 0 Å². The molecule has 0 aliphatic carbocycles. The number of fused-ring (bicyclic) bond motifs is 1. The number of likely N-dealkylation sites (tertiary alicyclic amines) is 1. The molecule has 4 nitrogen and oxygen atoms in total. The van der Waals surface area contributed by atoms with Crippen molar-refractivity contribution in [3.8, 4) is 0 Å². The first-order valence-electron chi connectivity index (χ1n) is 8.77. The molecule has 2 aromatic carbocycles. The molecule has 3 rings (SSSR count). The summed E-state index contributed by atoms with van der Waals surface area (Å²) in [6.07, 6.45) is 1.95. The molecule has 1 atom stereocenters. The Morgan fingerprint density at radius 1 is 1.21 bits per heavy atom. The van der Waals surface area contributed by atoms with Gasteiger partial charge < -0.3 is 10.4 Å². The number of piperidine rings is 1. The summed E-state index contributed by atoms with van der Waals surface area (Å²) in [4.78, 5) is 14.5. The maximum atomic E-state index is 12.3. The lowest BCUT2D eigenvalue weighted by atomic mass is 9.98. The normalized spacial score (nSPS) is 17.8. The second kappa shape index (κ2) is 7.77. The van der Waals surface area contributed by atoms with E-state index in [9.17, 15) is 9.90 Å². The molecule has 1 aliphatic rings. The number of benzene rings is 2. The minimum atomic E-state index is -0.00270. The van der Waals surface area contributed by atoms with E-state index in [1.807, 2.05) is 19.1 Å². The molecule has 1 fully saturated rings. The average Bonchev–Trinajstić information content (AvgIpc) is 2.61. The average molecular weight is 326 g/mol. The first-order valence-corrected chi connectivity index (χ1v) is 8.77. The maximum absolute atomic E-state index is 12.3. The van der Waals surface area contributed by atoms with Crippen LogP contribution in [0.4, 0.5) is 0 Å². The number of aliphatic hydroxyl groups is 1. The zero-order chi connectivity index (χ0) is 16.9. The molecule has 0 saturated carbocycles. The highest BCUT2D eigenvalue weighted by molar-refractivity contribution is 5.83. The second-order valence-electron chi connectivity index (χ2n) is 6.80. The molecule has 2 aromatic rings. The van der Waals surface area contributed by atoms with Crippen molar-refractivity contribution in [2.75, 3.05) is 26.2 Å². The Hall–Kier alpha value is -1.91. The summed E-state index contributed by atoms with van der Waals surface area (Å²) in [5.41, 5.74) is 1.13. The minimum absolute atomic E-state index is 0.00270. The van der Waals surface area contributed by atoms with Gasteiger partial charge in [-0.2, -0.15) is 0 Å². The Morgan fingerprint density at radius 2 is 1.92 bits per heavy atom. The summed E-state index contributed by atoms with van der Waals surface area (Å²) in [6.45, 7) is 4.51. The predicted octanol–water partition coefficient (Wildman–Crippen LogP) is 2.72. The quantitative estimate of drug-likeness (QED) is 0.888. The van der Waals surface area contributed by atoms with Crippen LogP contribution in [-0.2, 0) is 4.79 Å². The molecule has 0 radical (unpaired) electrons. The van der Waals surface area contributed by atoms with Gasteiger partial charge in [-0.1, -0.05) is 36.4 Å². The SMILES string of the molecule is CC(NC(=O)CN1CCC(CO)CC1)c1ccc2ccccc2c1. The third kappa shape index (κ3) is 4.13. The number of nitrogens with one attached hydrogen (secondary N) is 1. The van der Waals surface area contributed by atoms with Gasteiger partial charge >= 0.3 is 0 Å². The molecule has 2 N–H and O–H groups in total. The predicted molar refractivity (Wildman–Crippen MR) is 96.8 cm³/mol. The third-order valence-electron chi connectivity index (χ3n) is 4.98. The molecule has 0 aromatic heterocycles. The fourth-order valence-electron chi connectivity index (χ4n) is 3.38. The van der Waals surface area contributed by atoms with Gasteiger partial charge in [-0.25, -0.2) is 0 Å². The molecule has 1 heterocycles. The molecule has 1 aliphatic heterocycles. The summed E-state index contributed by atoms with van der Waals surface area (Å²) < 4.78 is 0. The molecule has 1 unspecified atom stereocenters. The molecule has 24 heavy (non-hydrogen) atoms. The topological polar surface area (TPSA) is 52.6 Å². The molecule has 0 bridgehead atoms. The summed E-state index contributed by atoms with van der Waals surface area (Å²) in [6, 6.07) is 14.6. The lowest BCUT2D eigenvalue weighted by molar-refractivity contribution is -0.123. The Balaban J connectivity index is 1.55. The van der Waals surface area contributed by atoms with Crippen molar-refractivity contribution >= 4 is 16.7 Å². The molecule has 4 heteroatoms. The molecule has 1 saturated heterocycles. The number of nitrogens with zero attached hydrogens (tertiary/aromatic N) is 1. The summed E-state index contributed by atoms with van der Waals surface area (Å²) in [5, 5.41) is 14.7. The minimum Gasteiger partial charge on any atom is -0.396 e. The highest BCUT2D eigenvalue weighted by atomic mass is 16.3. The monoisotopic (exact) mass is 326 g/mol. The van der Waals surface area contributed by atoms with E-state index in [4.69, 9.17) is 0 Å². The third-order valence-corrected chi connectivity index (χ3v) is 4.98. The molecule has 0 spiro atoms. The van der Waals surface area contributed by atoms with Gasteiger partial charge in [0.15, 0.2) is 0 Å². The number of hydrogen-bond acceptors (Lipinski definition) is 3. The fourth-order valence-corrected chi connectivity index (χ4v) is 3.38. The zero-order valence-electron chi connectivity index (χ0n) is 14.2. The maximum Gasteiger partial charge on any atom is 0.234 e. The van der Waals surface area contributed by atoms with Gasteiger partial charge in [-0.15, -0.1) is 0 Å². The first kappa shape index (κ1) is 16.9. The van der Waals surface area contributed by atoms with Gasteiger partial charge in [0.05, 0.1) is 12.6 Å². The van der Waals surface area contributed by atoms with Crippen molar-refractivity contribution < 1.29 is 9.90 Å². The van der Waals surface area contributed by atoms with Crippen molar-refractivity contribution in [2.24, 2.45) is 5.92 Å². The van der Waals surface area contributed by atoms with E-state index in [0.717, 1.165) is 31.5 Å². The van der Waals surface area contributed by atoms with Crippen molar-refractivity contribution in [3.05, 3.63) is 48.0 Å². The number of hydrogen-bond donors (Lipinski definition) is 2. The Kier molecular flexibility index (Phi) is 5.48. The van der Waals surface area contributed by atoms with Gasteiger partial charge in [0.25, 0.3) is 0 Å². The number of rotatable bonds is 5. The zero-order valence-corrected chi connectivity index (χ0v) is 14.2. The lowest BCUT2D eigenvalue weighted by Crippen LogP contribution is -2.42. The Labute approximate surface area is 143 Å². The van der Waals surface area contributed by atoms with Crippen molar-refractivity contribution in [2.45, 2.75) is 25.8 Å². The van der Waals surface area contributed by atoms with Crippen LogP contribution >= 0.6 is 0 Å². The van der Waals surface area contributed by atoms with Crippen LogP contribution in [0.2, 0.25) is 0 Å². The molecular weight excluding hydrogens is 300 g/mol. The smallest absolute Gasteiger partial charge is 0.234 e. The fraction of sp³-hybridized carbons (Fsp3) is 0.450. The van der Waals surface area contributed by atoms with E-state index in [-0.39, 0.29) is 18.6 Å². The van der Waals surface area contributed by atoms with Crippen LogP contribution in [0.1, 0.15) is 31.4 Å². The van der Waals surface area contributed by atoms with E-state index in [1.165, 1.54) is 10.8 Å². The van der Waals surface area contributed by atoms with Crippen LogP contribution in [0.25, 0.3) is 10.8 Å². The molecule has 128 valence electrons. The van der Waals surface area contributed by atoms with E-state index < -0.39 is 0 Å². The van der Waals surface area contributed by atoms with E-state index in [1.54, 1.807) is 0 Å². The van der Waals surface area contributed by atoms with E-state index in [2.05, 4.69) is 40.5 Å². The van der Waals surface area contributed by atoms with Gasteiger partial charge in [0.1, 0.15) is 0 Å². The van der Waals surface area contributed by atoms with Crippen molar-refractivity contribution in [3.63, 3.8) is 0 Å². The van der Waals surface area contributed by atoms with Gasteiger partial charge in [0, 0.05) is 6.61 Å². The summed E-state index contributed by atoms with van der Waals surface area (Å²) >= 11 is 0. The number of carbonyl (C=O) groups excluding carboxylic acids is 1. The number of carbonyl (C=O) groups is 1. The van der Waals surface area contributed by atoms with Crippen LogP contribution in [0.5, 0.6) is 0 Å².